The summed E-state index contributed by atoms with van der Waals surface area (Å²) in [6.45, 7) is 3.20. The molecule has 2 heterocycles. The van der Waals surface area contributed by atoms with Crippen molar-refractivity contribution in [3.63, 3.8) is 0 Å². The predicted molar refractivity (Wildman–Crippen MR) is 101 cm³/mol. The molecule has 1 aliphatic rings. The van der Waals surface area contributed by atoms with Crippen molar-refractivity contribution in [1.29, 1.82) is 0 Å². The summed E-state index contributed by atoms with van der Waals surface area (Å²) in [5.41, 5.74) is 0.711. The highest BCUT2D eigenvalue weighted by Crippen LogP contribution is 2.21. The molecule has 25 heavy (non-hydrogen) atoms. The molecule has 0 unspecified atom stereocenters. The van der Waals surface area contributed by atoms with Gasteiger partial charge in [-0.05, 0) is 37.3 Å². The van der Waals surface area contributed by atoms with Crippen molar-refractivity contribution < 1.29 is 14.3 Å². The Balaban J connectivity index is 0.00000156. The third kappa shape index (κ3) is 5.86. The molecular weight excluding hydrogens is 365 g/mol. The first kappa shape index (κ1) is 21.2. The van der Waals surface area contributed by atoms with E-state index in [0.29, 0.717) is 30.5 Å². The van der Waals surface area contributed by atoms with E-state index in [1.807, 2.05) is 19.1 Å². The van der Waals surface area contributed by atoms with Gasteiger partial charge in [-0.2, -0.15) is 0 Å². The van der Waals surface area contributed by atoms with Crippen LogP contribution in [0.3, 0.4) is 0 Å². The smallest absolute Gasteiger partial charge is 0.244 e. The summed E-state index contributed by atoms with van der Waals surface area (Å²) in [6.07, 6.45) is 1.53. The van der Waals surface area contributed by atoms with Crippen LogP contribution in [0.25, 0.3) is 0 Å². The number of morpholine rings is 1. The second-order valence-corrected chi connectivity index (χ2v) is 5.29. The standard InChI is InChI=1S/C17H19N3O3.2ClH/c1-12-16(19-10-11-22-12)17(21)20-13-5-7-14(8-6-13)23-15-4-2-3-9-18-15;;/h2-9,12,16,19H,10-11H2,1H3,(H,20,21);2*1H/t12-,16+;;/m1../s1. The Kier molecular flexibility index (Phi) is 8.65. The third-order valence-corrected chi connectivity index (χ3v) is 3.58. The molecule has 2 atom stereocenters. The van der Waals surface area contributed by atoms with Gasteiger partial charge in [-0.25, -0.2) is 4.98 Å². The molecule has 8 heteroatoms. The molecule has 2 N–H and O–H groups in total. The van der Waals surface area contributed by atoms with Gasteiger partial charge in [-0.3, -0.25) is 4.79 Å². The molecule has 1 saturated heterocycles. The van der Waals surface area contributed by atoms with Crippen LogP contribution in [0.5, 0.6) is 11.6 Å². The van der Waals surface area contributed by atoms with Gasteiger partial charge >= 0.3 is 0 Å². The van der Waals surface area contributed by atoms with Gasteiger partial charge in [0.2, 0.25) is 11.8 Å². The number of anilines is 1. The van der Waals surface area contributed by atoms with Crippen LogP contribution in [0.1, 0.15) is 6.92 Å². The maximum atomic E-state index is 12.3. The van der Waals surface area contributed by atoms with Gasteiger partial charge in [-0.15, -0.1) is 24.8 Å². The van der Waals surface area contributed by atoms with Crippen molar-refractivity contribution in [3.8, 4) is 11.6 Å². The van der Waals surface area contributed by atoms with Crippen LogP contribution < -0.4 is 15.4 Å². The second kappa shape index (κ2) is 10.2. The highest BCUT2D eigenvalue weighted by atomic mass is 35.5. The van der Waals surface area contributed by atoms with E-state index >= 15 is 0 Å². The molecule has 1 aliphatic heterocycles. The van der Waals surface area contributed by atoms with Gasteiger partial charge in [0.15, 0.2) is 0 Å². The largest absolute Gasteiger partial charge is 0.439 e. The number of rotatable bonds is 4. The Bertz CT molecular complexity index is 656. The molecular formula is C17H21Cl2N3O3. The number of ether oxygens (including phenoxy) is 2. The van der Waals surface area contributed by atoms with Crippen molar-refractivity contribution in [1.82, 2.24) is 10.3 Å². The summed E-state index contributed by atoms with van der Waals surface area (Å²) in [5, 5.41) is 6.04. The molecule has 6 nitrogen and oxygen atoms in total. The minimum atomic E-state index is -0.340. The van der Waals surface area contributed by atoms with E-state index in [1.54, 1.807) is 36.5 Å². The van der Waals surface area contributed by atoms with Gasteiger partial charge in [-0.1, -0.05) is 6.07 Å². The Labute approximate surface area is 159 Å². The Hall–Kier alpha value is -1.86. The van der Waals surface area contributed by atoms with E-state index in [0.717, 1.165) is 0 Å². The third-order valence-electron chi connectivity index (χ3n) is 3.58. The van der Waals surface area contributed by atoms with Crippen LogP contribution in [0.15, 0.2) is 48.7 Å². The van der Waals surface area contributed by atoms with E-state index in [9.17, 15) is 4.79 Å². The molecule has 0 bridgehead atoms. The molecule has 0 aliphatic carbocycles. The lowest BCUT2D eigenvalue weighted by Gasteiger charge is -2.29. The quantitative estimate of drug-likeness (QED) is 0.845. The zero-order chi connectivity index (χ0) is 16.1. The topological polar surface area (TPSA) is 72.5 Å². The van der Waals surface area contributed by atoms with Crippen LogP contribution in [0, 0.1) is 0 Å². The number of aromatic nitrogens is 1. The molecule has 0 radical (unpaired) electrons. The average Bonchev–Trinajstić information content (AvgIpc) is 2.58. The first-order valence-electron chi connectivity index (χ1n) is 7.57. The number of nitrogens with zero attached hydrogens (tertiary/aromatic N) is 1. The summed E-state index contributed by atoms with van der Waals surface area (Å²) < 4.78 is 11.1. The van der Waals surface area contributed by atoms with Crippen LogP contribution in [0.4, 0.5) is 5.69 Å². The summed E-state index contributed by atoms with van der Waals surface area (Å²) in [6, 6.07) is 12.3. The fourth-order valence-corrected chi connectivity index (χ4v) is 2.38. The van der Waals surface area contributed by atoms with Gasteiger partial charge in [0, 0.05) is 24.5 Å². The molecule has 0 saturated carbocycles. The predicted octanol–water partition coefficient (Wildman–Crippen LogP) is 3.03. The molecule has 136 valence electrons. The van der Waals surface area contributed by atoms with E-state index in [1.165, 1.54) is 0 Å². The summed E-state index contributed by atoms with van der Waals surface area (Å²) >= 11 is 0. The van der Waals surface area contributed by atoms with Gasteiger partial charge < -0.3 is 20.1 Å². The zero-order valence-corrected chi connectivity index (χ0v) is 15.3. The molecule has 1 aromatic carbocycles. The van der Waals surface area contributed by atoms with Gasteiger partial charge in [0.25, 0.3) is 0 Å². The SMILES string of the molecule is C[C@H]1OCCN[C@@H]1C(=O)Nc1ccc(Oc2ccccn2)cc1.Cl.Cl. The average molecular weight is 386 g/mol. The van der Waals surface area contributed by atoms with Gasteiger partial charge in [0.1, 0.15) is 11.8 Å². The molecule has 2 aromatic rings. The monoisotopic (exact) mass is 385 g/mol. The van der Waals surface area contributed by atoms with Crippen molar-refractivity contribution in [3.05, 3.63) is 48.7 Å². The number of hydrogen-bond donors (Lipinski definition) is 2. The molecule has 1 fully saturated rings. The molecule has 1 amide bonds. The number of pyridine rings is 1. The fourth-order valence-electron chi connectivity index (χ4n) is 2.38. The van der Waals surface area contributed by atoms with Gasteiger partial charge in [0.05, 0.1) is 12.7 Å². The van der Waals surface area contributed by atoms with E-state index < -0.39 is 0 Å². The number of nitrogens with one attached hydrogen (secondary N) is 2. The highest BCUT2D eigenvalue weighted by molar-refractivity contribution is 5.95. The number of carbonyl (C=O) groups is 1. The van der Waals surface area contributed by atoms with Crippen molar-refractivity contribution >= 4 is 36.4 Å². The maximum Gasteiger partial charge on any atom is 0.244 e. The lowest BCUT2D eigenvalue weighted by atomic mass is 10.1. The number of halogens is 2. The second-order valence-electron chi connectivity index (χ2n) is 5.29. The van der Waals surface area contributed by atoms with Crippen molar-refractivity contribution in [2.75, 3.05) is 18.5 Å². The van der Waals surface area contributed by atoms with Crippen LogP contribution in [-0.4, -0.2) is 36.2 Å². The Morgan fingerprint density at radius 3 is 2.64 bits per heavy atom. The minimum Gasteiger partial charge on any atom is -0.439 e. The number of carbonyl (C=O) groups excluding carboxylic acids is 1. The number of benzene rings is 1. The van der Waals surface area contributed by atoms with Crippen molar-refractivity contribution in [2.24, 2.45) is 0 Å². The molecule has 1 aromatic heterocycles. The zero-order valence-electron chi connectivity index (χ0n) is 13.7. The lowest BCUT2D eigenvalue weighted by Crippen LogP contribution is -2.53. The fraction of sp³-hybridized carbons (Fsp3) is 0.294. The first-order valence-corrected chi connectivity index (χ1v) is 7.57. The highest BCUT2D eigenvalue weighted by Gasteiger charge is 2.28. The summed E-state index contributed by atoms with van der Waals surface area (Å²) in [7, 11) is 0. The summed E-state index contributed by atoms with van der Waals surface area (Å²) in [5.74, 6) is 1.09. The maximum absolute atomic E-state index is 12.3. The number of hydrogen-bond acceptors (Lipinski definition) is 5. The number of amides is 1. The van der Waals surface area contributed by atoms with E-state index in [4.69, 9.17) is 9.47 Å². The molecule has 3 rings (SSSR count). The van der Waals surface area contributed by atoms with Crippen LogP contribution >= 0.6 is 24.8 Å². The minimum absolute atomic E-state index is 0. The van der Waals surface area contributed by atoms with E-state index in [-0.39, 0.29) is 42.9 Å². The first-order chi connectivity index (χ1) is 11.2. The van der Waals surface area contributed by atoms with Crippen LogP contribution in [0.2, 0.25) is 0 Å². The summed E-state index contributed by atoms with van der Waals surface area (Å²) in [4.78, 5) is 16.4. The van der Waals surface area contributed by atoms with Crippen molar-refractivity contribution in [2.45, 2.75) is 19.1 Å². The normalized spacial score (nSPS) is 19.1. The lowest BCUT2D eigenvalue weighted by molar-refractivity contribution is -0.123. The Morgan fingerprint density at radius 1 is 1.24 bits per heavy atom. The van der Waals surface area contributed by atoms with E-state index in [2.05, 4.69) is 15.6 Å². The van der Waals surface area contributed by atoms with Crippen LogP contribution in [-0.2, 0) is 9.53 Å². The Morgan fingerprint density at radius 2 is 2.00 bits per heavy atom. The molecule has 0 spiro atoms.